The topological polar surface area (TPSA) is 66.2 Å². The van der Waals surface area contributed by atoms with Crippen molar-refractivity contribution in [1.82, 2.24) is 34.8 Å². The van der Waals surface area contributed by atoms with Gasteiger partial charge in [0, 0.05) is 71.3 Å². The maximum absolute atomic E-state index is 4.34. The molecule has 0 amide bonds. The highest BCUT2D eigenvalue weighted by atomic mass is 15.4. The second-order valence-corrected chi connectivity index (χ2v) is 6.27. The lowest BCUT2D eigenvalue weighted by atomic mass is 10.1. The van der Waals surface area contributed by atoms with E-state index in [0.717, 1.165) is 51.8 Å². The zero-order valence-corrected chi connectivity index (χ0v) is 13.4. The molecule has 0 N–H and O–H groups in total. The molecule has 4 heterocycles. The Balaban J connectivity index is 1.24. The smallest absolute Gasteiger partial charge is 0.225 e. The summed E-state index contributed by atoms with van der Waals surface area (Å²) in [6.45, 7) is 7.39. The third-order valence-corrected chi connectivity index (χ3v) is 4.80. The van der Waals surface area contributed by atoms with Crippen LogP contribution in [0.1, 0.15) is 5.69 Å². The molecule has 0 bridgehead atoms. The van der Waals surface area contributed by atoms with Gasteiger partial charge in [0.2, 0.25) is 5.95 Å². The molecule has 0 atom stereocenters. The number of piperazine rings is 1. The molecule has 2 aromatic heterocycles. The van der Waals surface area contributed by atoms with Gasteiger partial charge in [-0.05, 0) is 6.07 Å². The lowest BCUT2D eigenvalue weighted by Gasteiger charge is -2.48. The van der Waals surface area contributed by atoms with E-state index >= 15 is 0 Å². The highest BCUT2D eigenvalue weighted by molar-refractivity contribution is 5.29. The minimum absolute atomic E-state index is 0.676. The molecule has 4 rings (SSSR count). The van der Waals surface area contributed by atoms with Gasteiger partial charge >= 0.3 is 0 Å². The molecule has 2 aliphatic rings. The Morgan fingerprint density at radius 3 is 2.48 bits per heavy atom. The molecule has 2 fully saturated rings. The van der Waals surface area contributed by atoms with Crippen LogP contribution in [0.25, 0.3) is 0 Å². The minimum Gasteiger partial charge on any atom is -0.338 e. The lowest BCUT2D eigenvalue weighted by molar-refractivity contribution is 0.0241. The van der Waals surface area contributed by atoms with Gasteiger partial charge in [-0.2, -0.15) is 0 Å². The van der Waals surface area contributed by atoms with E-state index < -0.39 is 0 Å². The fraction of sp³-hybridized carbons (Fsp3) is 0.600. The minimum atomic E-state index is 0.676. The highest BCUT2D eigenvalue weighted by Gasteiger charge is 2.34. The van der Waals surface area contributed by atoms with Crippen molar-refractivity contribution in [2.75, 3.05) is 44.2 Å². The molecule has 8 nitrogen and oxygen atoms in total. The molecule has 0 radical (unpaired) electrons. The standard InChI is InChI=1S/C15H22N8/c1-20-13(9-18-19-20)10-21-11-14(12-21)22-5-7-23(8-6-22)15-16-3-2-4-17-15/h2-4,9,14H,5-8,10-12H2,1H3. The Kier molecular flexibility index (Phi) is 3.92. The highest BCUT2D eigenvalue weighted by Crippen LogP contribution is 2.20. The Labute approximate surface area is 135 Å². The average Bonchev–Trinajstić information content (AvgIpc) is 2.97. The van der Waals surface area contributed by atoms with Gasteiger partial charge in [-0.3, -0.25) is 14.5 Å². The van der Waals surface area contributed by atoms with Crippen LogP contribution >= 0.6 is 0 Å². The first-order valence-corrected chi connectivity index (χ1v) is 8.11. The molecule has 0 unspecified atom stereocenters. The van der Waals surface area contributed by atoms with Crippen LogP contribution in [0.15, 0.2) is 24.7 Å². The van der Waals surface area contributed by atoms with Crippen molar-refractivity contribution in [2.24, 2.45) is 7.05 Å². The van der Waals surface area contributed by atoms with Gasteiger partial charge in [-0.25, -0.2) is 9.97 Å². The van der Waals surface area contributed by atoms with Crippen molar-refractivity contribution in [1.29, 1.82) is 0 Å². The largest absolute Gasteiger partial charge is 0.338 e. The monoisotopic (exact) mass is 314 g/mol. The first kappa shape index (κ1) is 14.5. The van der Waals surface area contributed by atoms with E-state index in [1.54, 1.807) is 0 Å². The number of hydrogen-bond donors (Lipinski definition) is 0. The summed E-state index contributed by atoms with van der Waals surface area (Å²) in [5.74, 6) is 0.853. The second-order valence-electron chi connectivity index (χ2n) is 6.27. The summed E-state index contributed by atoms with van der Waals surface area (Å²) in [6.07, 6.45) is 5.48. The summed E-state index contributed by atoms with van der Waals surface area (Å²) in [4.78, 5) is 16.0. The molecule has 2 saturated heterocycles. The van der Waals surface area contributed by atoms with Crippen LogP contribution < -0.4 is 4.90 Å². The molecular formula is C15H22N8. The number of nitrogens with zero attached hydrogens (tertiary/aromatic N) is 8. The first-order chi connectivity index (χ1) is 11.3. The number of anilines is 1. The second kappa shape index (κ2) is 6.21. The fourth-order valence-corrected chi connectivity index (χ4v) is 3.33. The van der Waals surface area contributed by atoms with E-state index in [1.165, 1.54) is 5.69 Å². The maximum Gasteiger partial charge on any atom is 0.225 e. The van der Waals surface area contributed by atoms with Crippen molar-refractivity contribution < 1.29 is 0 Å². The summed E-state index contributed by atoms with van der Waals surface area (Å²) >= 11 is 0. The summed E-state index contributed by atoms with van der Waals surface area (Å²) in [7, 11) is 1.95. The van der Waals surface area contributed by atoms with E-state index in [-0.39, 0.29) is 0 Å². The van der Waals surface area contributed by atoms with E-state index in [2.05, 4.69) is 35.0 Å². The summed E-state index contributed by atoms with van der Waals surface area (Å²) < 4.78 is 1.85. The maximum atomic E-state index is 4.34. The molecule has 23 heavy (non-hydrogen) atoms. The van der Waals surface area contributed by atoms with Crippen LogP contribution in [0.5, 0.6) is 0 Å². The molecule has 0 aliphatic carbocycles. The van der Waals surface area contributed by atoms with Gasteiger partial charge in [0.05, 0.1) is 11.9 Å². The molecule has 0 aromatic carbocycles. The van der Waals surface area contributed by atoms with E-state index in [9.17, 15) is 0 Å². The van der Waals surface area contributed by atoms with Gasteiger partial charge in [-0.15, -0.1) is 5.10 Å². The Hall–Kier alpha value is -2.06. The lowest BCUT2D eigenvalue weighted by Crippen LogP contribution is -2.62. The van der Waals surface area contributed by atoms with Crippen molar-refractivity contribution in [3.05, 3.63) is 30.4 Å². The summed E-state index contributed by atoms with van der Waals surface area (Å²) in [5.41, 5.74) is 1.18. The van der Waals surface area contributed by atoms with Crippen molar-refractivity contribution in [3.8, 4) is 0 Å². The van der Waals surface area contributed by atoms with Crippen LogP contribution in [0, 0.1) is 0 Å². The number of aromatic nitrogens is 5. The SMILES string of the molecule is Cn1nncc1CN1CC(N2CCN(c3ncccn3)CC2)C1. The van der Waals surface area contributed by atoms with Gasteiger partial charge in [-0.1, -0.05) is 5.21 Å². The molecule has 0 saturated carbocycles. The Morgan fingerprint density at radius 1 is 1.09 bits per heavy atom. The van der Waals surface area contributed by atoms with Crippen molar-refractivity contribution in [3.63, 3.8) is 0 Å². The van der Waals surface area contributed by atoms with Gasteiger partial charge in [0.1, 0.15) is 0 Å². The zero-order chi connectivity index (χ0) is 15.6. The molecule has 8 heteroatoms. The number of hydrogen-bond acceptors (Lipinski definition) is 7. The van der Waals surface area contributed by atoms with Crippen LogP contribution in [-0.2, 0) is 13.6 Å². The van der Waals surface area contributed by atoms with Crippen molar-refractivity contribution in [2.45, 2.75) is 12.6 Å². The van der Waals surface area contributed by atoms with E-state index in [4.69, 9.17) is 0 Å². The molecule has 2 aliphatic heterocycles. The van der Waals surface area contributed by atoms with Crippen LogP contribution in [0.3, 0.4) is 0 Å². The van der Waals surface area contributed by atoms with E-state index in [0.29, 0.717) is 6.04 Å². The molecule has 0 spiro atoms. The zero-order valence-electron chi connectivity index (χ0n) is 13.4. The molecule has 2 aromatic rings. The van der Waals surface area contributed by atoms with Gasteiger partial charge in [0.25, 0.3) is 0 Å². The Bertz CT molecular complexity index is 628. The number of aryl methyl sites for hydroxylation is 1. The van der Waals surface area contributed by atoms with Crippen LogP contribution in [0.4, 0.5) is 5.95 Å². The summed E-state index contributed by atoms with van der Waals surface area (Å²) in [5, 5.41) is 7.92. The normalized spacial score (nSPS) is 20.7. The third kappa shape index (κ3) is 3.04. The quantitative estimate of drug-likeness (QED) is 0.761. The number of likely N-dealkylation sites (tertiary alicyclic amines) is 1. The summed E-state index contributed by atoms with van der Waals surface area (Å²) in [6, 6.07) is 2.54. The van der Waals surface area contributed by atoms with E-state index in [1.807, 2.05) is 36.4 Å². The fourth-order valence-electron chi connectivity index (χ4n) is 3.33. The predicted octanol–water partition coefficient (Wildman–Crippen LogP) is -0.388. The van der Waals surface area contributed by atoms with Gasteiger partial charge in [0.15, 0.2) is 0 Å². The van der Waals surface area contributed by atoms with Crippen LogP contribution in [-0.4, -0.2) is 80.1 Å². The Morgan fingerprint density at radius 2 is 1.83 bits per heavy atom. The third-order valence-electron chi connectivity index (χ3n) is 4.80. The first-order valence-electron chi connectivity index (χ1n) is 8.11. The molecule has 122 valence electrons. The van der Waals surface area contributed by atoms with Crippen LogP contribution in [0.2, 0.25) is 0 Å². The van der Waals surface area contributed by atoms with Gasteiger partial charge < -0.3 is 4.90 Å². The van der Waals surface area contributed by atoms with Crippen molar-refractivity contribution >= 4 is 5.95 Å². The number of rotatable bonds is 4. The molecular weight excluding hydrogens is 292 g/mol. The predicted molar refractivity (Wildman–Crippen MR) is 85.9 cm³/mol. The average molecular weight is 314 g/mol.